The third kappa shape index (κ3) is 6.77. The van der Waals surface area contributed by atoms with Crippen molar-refractivity contribution >= 4 is 56.8 Å². The molecule has 1 amide bonds. The highest BCUT2D eigenvalue weighted by Gasteiger charge is 2.15. The van der Waals surface area contributed by atoms with Crippen molar-refractivity contribution in [2.45, 2.75) is 20.5 Å². The van der Waals surface area contributed by atoms with Gasteiger partial charge >= 0.3 is 0 Å². The van der Waals surface area contributed by atoms with Crippen LogP contribution in [0.3, 0.4) is 0 Å². The van der Waals surface area contributed by atoms with Crippen LogP contribution in [0.25, 0.3) is 6.08 Å². The Hall–Kier alpha value is -2.98. The van der Waals surface area contributed by atoms with E-state index in [0.717, 1.165) is 11.1 Å². The molecule has 0 saturated heterocycles. The lowest BCUT2D eigenvalue weighted by Crippen LogP contribution is -2.13. The summed E-state index contributed by atoms with van der Waals surface area (Å²) in [5.74, 6) is 0.440. The quantitative estimate of drug-likeness (QED) is 0.228. The minimum atomic E-state index is -0.502. The van der Waals surface area contributed by atoms with E-state index in [1.54, 1.807) is 42.5 Å². The summed E-state index contributed by atoms with van der Waals surface area (Å²) < 4.78 is 12.3. The Morgan fingerprint density at radius 2 is 1.85 bits per heavy atom. The molecule has 174 valence electrons. The number of aryl methyl sites for hydroxylation is 1. The normalized spacial score (nSPS) is 11.0. The van der Waals surface area contributed by atoms with Gasteiger partial charge in [-0.05, 0) is 77.8 Å². The summed E-state index contributed by atoms with van der Waals surface area (Å²) in [6, 6.07) is 17.9. The van der Waals surface area contributed by atoms with Gasteiger partial charge in [0.25, 0.3) is 5.91 Å². The number of carbonyl (C=O) groups excluding carboxylic acids is 1. The van der Waals surface area contributed by atoms with Gasteiger partial charge in [0.1, 0.15) is 18.2 Å². The van der Waals surface area contributed by atoms with Gasteiger partial charge in [-0.3, -0.25) is 4.79 Å². The predicted molar refractivity (Wildman–Crippen MR) is 140 cm³/mol. The third-order valence-electron chi connectivity index (χ3n) is 4.70. The van der Waals surface area contributed by atoms with E-state index in [0.29, 0.717) is 43.9 Å². The van der Waals surface area contributed by atoms with Gasteiger partial charge < -0.3 is 14.8 Å². The van der Waals surface area contributed by atoms with Crippen LogP contribution in [0.4, 0.5) is 5.69 Å². The van der Waals surface area contributed by atoms with E-state index in [1.165, 1.54) is 6.08 Å². The van der Waals surface area contributed by atoms with Crippen LogP contribution in [-0.2, 0) is 11.4 Å². The summed E-state index contributed by atoms with van der Waals surface area (Å²) in [5, 5.41) is 13.3. The van der Waals surface area contributed by atoms with Crippen LogP contribution in [0, 0.1) is 18.3 Å². The number of carbonyl (C=O) groups is 1. The number of ether oxygens (including phenoxy) is 2. The van der Waals surface area contributed by atoms with E-state index in [-0.39, 0.29) is 12.2 Å². The summed E-state index contributed by atoms with van der Waals surface area (Å²) in [6.45, 7) is 4.41. The predicted octanol–water partition coefficient (Wildman–Crippen LogP) is 7.59. The molecule has 0 aliphatic rings. The summed E-state index contributed by atoms with van der Waals surface area (Å²) in [6.07, 6.45) is 1.50. The van der Waals surface area contributed by atoms with Gasteiger partial charge in [-0.25, -0.2) is 0 Å². The second-order valence-electron chi connectivity index (χ2n) is 7.28. The molecule has 0 aliphatic heterocycles. The Morgan fingerprint density at radius 1 is 1.12 bits per heavy atom. The molecule has 5 nitrogen and oxygen atoms in total. The zero-order chi connectivity index (χ0) is 24.7. The lowest BCUT2D eigenvalue weighted by atomic mass is 10.1. The molecule has 0 atom stereocenters. The van der Waals surface area contributed by atoms with E-state index < -0.39 is 5.91 Å². The molecule has 0 aliphatic carbocycles. The summed E-state index contributed by atoms with van der Waals surface area (Å²) in [7, 11) is 0. The van der Waals surface area contributed by atoms with Crippen molar-refractivity contribution in [3.05, 3.63) is 91.4 Å². The summed E-state index contributed by atoms with van der Waals surface area (Å²) >= 11 is 15.7. The maximum absolute atomic E-state index is 12.6. The fourth-order valence-corrected chi connectivity index (χ4v) is 4.05. The Bertz CT molecular complexity index is 1270. The maximum Gasteiger partial charge on any atom is 0.266 e. The number of hydrogen-bond acceptors (Lipinski definition) is 4. The van der Waals surface area contributed by atoms with E-state index in [1.807, 2.05) is 32.0 Å². The lowest BCUT2D eigenvalue weighted by molar-refractivity contribution is -0.112. The Balaban J connectivity index is 1.85. The zero-order valence-corrected chi connectivity index (χ0v) is 21.6. The first-order valence-electron chi connectivity index (χ1n) is 10.3. The van der Waals surface area contributed by atoms with Gasteiger partial charge in [-0.15, -0.1) is 0 Å². The van der Waals surface area contributed by atoms with Crippen molar-refractivity contribution in [3.63, 3.8) is 0 Å². The Kier molecular flexibility index (Phi) is 9.00. The number of rotatable bonds is 8. The van der Waals surface area contributed by atoms with Gasteiger partial charge in [0.15, 0.2) is 11.5 Å². The molecule has 3 rings (SSSR count). The molecule has 0 unspecified atom stereocenters. The molecule has 0 aromatic heterocycles. The zero-order valence-electron chi connectivity index (χ0n) is 18.5. The number of benzene rings is 3. The molecule has 8 heteroatoms. The highest BCUT2D eigenvalue weighted by molar-refractivity contribution is 9.10. The monoisotopic (exact) mass is 558 g/mol. The first-order valence-corrected chi connectivity index (χ1v) is 11.9. The second kappa shape index (κ2) is 11.9. The summed E-state index contributed by atoms with van der Waals surface area (Å²) in [4.78, 5) is 12.6. The molecule has 0 fully saturated rings. The number of hydrogen-bond donors (Lipinski definition) is 1. The number of nitrogens with zero attached hydrogens (tertiary/aromatic N) is 1. The van der Waals surface area contributed by atoms with Gasteiger partial charge in [-0.1, -0.05) is 47.0 Å². The van der Waals surface area contributed by atoms with E-state index >= 15 is 0 Å². The van der Waals surface area contributed by atoms with Crippen molar-refractivity contribution in [3.8, 4) is 17.6 Å². The van der Waals surface area contributed by atoms with Crippen LogP contribution in [0.15, 0.2) is 64.6 Å². The van der Waals surface area contributed by atoms with E-state index in [4.69, 9.17) is 32.7 Å². The van der Waals surface area contributed by atoms with E-state index in [2.05, 4.69) is 21.2 Å². The van der Waals surface area contributed by atoms with Crippen LogP contribution in [0.1, 0.15) is 23.6 Å². The van der Waals surface area contributed by atoms with Gasteiger partial charge in [0.2, 0.25) is 0 Å². The minimum Gasteiger partial charge on any atom is -0.490 e. The second-order valence-corrected chi connectivity index (χ2v) is 8.98. The van der Waals surface area contributed by atoms with Crippen LogP contribution < -0.4 is 14.8 Å². The first kappa shape index (κ1) is 25.6. The molecule has 0 heterocycles. The molecule has 0 bridgehead atoms. The number of anilines is 1. The molecule has 3 aromatic rings. The average Bonchev–Trinajstić information content (AvgIpc) is 2.79. The molecule has 0 radical (unpaired) electrons. The molecule has 3 aromatic carbocycles. The fourth-order valence-electron chi connectivity index (χ4n) is 3.01. The van der Waals surface area contributed by atoms with Crippen LogP contribution in [0.2, 0.25) is 10.0 Å². The summed E-state index contributed by atoms with van der Waals surface area (Å²) in [5.41, 5.74) is 3.00. The van der Waals surface area contributed by atoms with Crippen molar-refractivity contribution in [1.29, 1.82) is 5.26 Å². The van der Waals surface area contributed by atoms with Crippen LogP contribution >= 0.6 is 39.1 Å². The minimum absolute atomic E-state index is 0.0449. The number of halogens is 3. The van der Waals surface area contributed by atoms with Crippen LogP contribution in [-0.4, -0.2) is 12.5 Å². The van der Waals surface area contributed by atoms with Crippen molar-refractivity contribution in [2.24, 2.45) is 0 Å². The van der Waals surface area contributed by atoms with Crippen molar-refractivity contribution < 1.29 is 14.3 Å². The standard InChI is InChI=1S/C26H21BrCl2N2O3/c1-3-33-24-12-17(10-19(14-30)26(32)31-21-8-4-16(2)5-9-21)11-22(27)25(24)34-15-18-6-7-20(28)13-23(18)29/h4-13H,3,15H2,1-2H3,(H,31,32)/b19-10-. The van der Waals surface area contributed by atoms with Gasteiger partial charge in [0, 0.05) is 21.3 Å². The highest BCUT2D eigenvalue weighted by atomic mass is 79.9. The molecule has 1 N–H and O–H groups in total. The van der Waals surface area contributed by atoms with Gasteiger partial charge in [-0.2, -0.15) is 5.26 Å². The van der Waals surface area contributed by atoms with Gasteiger partial charge in [0.05, 0.1) is 11.1 Å². The number of nitrogens with one attached hydrogen (secondary N) is 1. The maximum atomic E-state index is 12.6. The fraction of sp³-hybridized carbons (Fsp3) is 0.154. The Labute approximate surface area is 217 Å². The number of amides is 1. The highest BCUT2D eigenvalue weighted by Crippen LogP contribution is 2.38. The number of nitriles is 1. The Morgan fingerprint density at radius 3 is 2.50 bits per heavy atom. The molecule has 34 heavy (non-hydrogen) atoms. The smallest absolute Gasteiger partial charge is 0.266 e. The SMILES string of the molecule is CCOc1cc(/C=C(/C#N)C(=O)Nc2ccc(C)cc2)cc(Br)c1OCc1ccc(Cl)cc1Cl. The molecular formula is C26H21BrCl2N2O3. The van der Waals surface area contributed by atoms with Crippen molar-refractivity contribution in [1.82, 2.24) is 0 Å². The largest absolute Gasteiger partial charge is 0.490 e. The average molecular weight is 560 g/mol. The molecular weight excluding hydrogens is 539 g/mol. The lowest BCUT2D eigenvalue weighted by Gasteiger charge is -2.15. The third-order valence-corrected chi connectivity index (χ3v) is 5.88. The van der Waals surface area contributed by atoms with Crippen molar-refractivity contribution in [2.75, 3.05) is 11.9 Å². The molecule has 0 saturated carbocycles. The first-order chi connectivity index (χ1) is 16.3. The molecule has 0 spiro atoms. The topological polar surface area (TPSA) is 71.3 Å². The van der Waals surface area contributed by atoms with Crippen LogP contribution in [0.5, 0.6) is 11.5 Å². The van der Waals surface area contributed by atoms with E-state index in [9.17, 15) is 10.1 Å².